The second-order valence-corrected chi connectivity index (χ2v) is 5.53. The summed E-state index contributed by atoms with van der Waals surface area (Å²) in [5.41, 5.74) is -0.908. The molecule has 2 rings (SSSR count). The number of rotatable bonds is 4. The Morgan fingerprint density at radius 2 is 1.92 bits per heavy atom. The number of pyridine rings is 1. The van der Waals surface area contributed by atoms with E-state index in [4.69, 9.17) is 27.9 Å². The zero-order valence-corrected chi connectivity index (χ0v) is 13.7. The number of hydrogen-bond donors (Lipinski definition) is 1. The molecule has 1 N–H and O–H groups in total. The van der Waals surface area contributed by atoms with E-state index >= 15 is 0 Å². The smallest absolute Gasteiger partial charge is 0.417 e. The van der Waals surface area contributed by atoms with E-state index in [-0.39, 0.29) is 11.4 Å². The fourth-order valence-corrected chi connectivity index (χ4v) is 2.09. The third-order valence-electron chi connectivity index (χ3n) is 2.82. The molecule has 0 unspecified atom stereocenters. The maximum Gasteiger partial charge on any atom is 0.417 e. The first kappa shape index (κ1) is 19.0. The maximum absolute atomic E-state index is 12.5. The molecule has 0 atom stereocenters. The fraction of sp³-hybridized carbons (Fsp3) is 0.133. The van der Waals surface area contributed by atoms with Crippen molar-refractivity contribution in [2.24, 2.45) is 0 Å². The zero-order chi connectivity index (χ0) is 18.6. The Balaban J connectivity index is 1.95. The molecule has 1 amide bonds. The van der Waals surface area contributed by atoms with Gasteiger partial charge >= 0.3 is 12.1 Å². The lowest BCUT2D eigenvalue weighted by Crippen LogP contribution is -2.22. The third-order valence-corrected chi connectivity index (χ3v) is 3.34. The number of carbonyl (C=O) groups is 2. The van der Waals surface area contributed by atoms with Gasteiger partial charge in [-0.2, -0.15) is 13.2 Å². The molecule has 25 heavy (non-hydrogen) atoms. The number of nitrogens with zero attached hydrogens (tertiary/aromatic N) is 1. The van der Waals surface area contributed by atoms with E-state index in [0.717, 1.165) is 0 Å². The molecule has 1 heterocycles. The van der Waals surface area contributed by atoms with E-state index in [0.29, 0.717) is 17.3 Å². The Hall–Kier alpha value is -2.32. The van der Waals surface area contributed by atoms with Crippen LogP contribution in [0.1, 0.15) is 15.9 Å². The third kappa shape index (κ3) is 5.33. The molecule has 0 bridgehead atoms. The number of halogens is 5. The topological polar surface area (TPSA) is 68.3 Å². The Kier molecular flexibility index (Phi) is 5.86. The average molecular weight is 393 g/mol. The number of nitrogens with one attached hydrogen (secondary N) is 1. The summed E-state index contributed by atoms with van der Waals surface area (Å²) in [6.07, 6.45) is -4.08. The van der Waals surface area contributed by atoms with Gasteiger partial charge in [0.05, 0.1) is 16.1 Å². The minimum Gasteiger partial charge on any atom is -0.452 e. The molecule has 2 aromatic rings. The van der Waals surface area contributed by atoms with Crippen LogP contribution in [0.5, 0.6) is 0 Å². The van der Waals surface area contributed by atoms with Crippen LogP contribution in [0.4, 0.5) is 19.0 Å². The minimum absolute atomic E-state index is 0.144. The summed E-state index contributed by atoms with van der Waals surface area (Å²) in [6, 6.07) is 6.52. The number of ether oxygens (including phenoxy) is 1. The van der Waals surface area contributed by atoms with E-state index in [9.17, 15) is 22.8 Å². The molecule has 0 radical (unpaired) electrons. The molecular formula is C15H9Cl2F3N2O3. The van der Waals surface area contributed by atoms with Crippen LogP contribution in [0.25, 0.3) is 0 Å². The van der Waals surface area contributed by atoms with E-state index in [2.05, 4.69) is 10.3 Å². The average Bonchev–Trinajstić information content (AvgIpc) is 2.53. The lowest BCUT2D eigenvalue weighted by molar-refractivity contribution is -0.137. The van der Waals surface area contributed by atoms with E-state index < -0.39 is 35.2 Å². The molecule has 1 aromatic heterocycles. The molecule has 0 aliphatic heterocycles. The van der Waals surface area contributed by atoms with Gasteiger partial charge in [0.2, 0.25) is 0 Å². The summed E-state index contributed by atoms with van der Waals surface area (Å²) in [4.78, 5) is 26.9. The van der Waals surface area contributed by atoms with Gasteiger partial charge in [-0.1, -0.05) is 29.3 Å². The van der Waals surface area contributed by atoms with Crippen LogP contribution in [-0.2, 0) is 15.7 Å². The minimum atomic E-state index is -4.61. The lowest BCUT2D eigenvalue weighted by atomic mass is 10.2. The molecule has 0 aliphatic carbocycles. The van der Waals surface area contributed by atoms with Gasteiger partial charge < -0.3 is 10.1 Å². The highest BCUT2D eigenvalue weighted by atomic mass is 35.5. The highest BCUT2D eigenvalue weighted by molar-refractivity contribution is 6.33. The van der Waals surface area contributed by atoms with Crippen molar-refractivity contribution < 1.29 is 27.5 Å². The first-order valence-electron chi connectivity index (χ1n) is 6.62. The number of alkyl halides is 3. The summed E-state index contributed by atoms with van der Waals surface area (Å²) >= 11 is 11.4. The fourth-order valence-electron chi connectivity index (χ4n) is 1.68. The van der Waals surface area contributed by atoms with Crippen molar-refractivity contribution in [2.45, 2.75) is 6.18 Å². The largest absolute Gasteiger partial charge is 0.452 e. The number of hydrogen-bond acceptors (Lipinski definition) is 4. The highest BCUT2D eigenvalue weighted by Gasteiger charge is 2.31. The summed E-state index contributed by atoms with van der Waals surface area (Å²) < 4.78 is 42.3. The Bertz CT molecular complexity index is 813. The molecule has 0 spiro atoms. The van der Waals surface area contributed by atoms with Crippen molar-refractivity contribution in [1.29, 1.82) is 0 Å². The monoisotopic (exact) mass is 392 g/mol. The van der Waals surface area contributed by atoms with Gasteiger partial charge in [-0.25, -0.2) is 9.78 Å². The Labute approximate surface area is 149 Å². The lowest BCUT2D eigenvalue weighted by Gasteiger charge is -2.10. The summed E-state index contributed by atoms with van der Waals surface area (Å²) in [6.45, 7) is -0.676. The van der Waals surface area contributed by atoms with Gasteiger partial charge in [0.1, 0.15) is 0 Å². The predicted octanol–water partition coefficient (Wildman–Crippen LogP) is 4.20. The first-order chi connectivity index (χ1) is 11.7. The van der Waals surface area contributed by atoms with Gasteiger partial charge in [0, 0.05) is 11.2 Å². The Morgan fingerprint density at radius 1 is 1.20 bits per heavy atom. The van der Waals surface area contributed by atoms with Gasteiger partial charge in [0.25, 0.3) is 5.91 Å². The van der Waals surface area contributed by atoms with Gasteiger partial charge in [-0.05, 0) is 24.3 Å². The van der Waals surface area contributed by atoms with Crippen molar-refractivity contribution in [1.82, 2.24) is 4.98 Å². The van der Waals surface area contributed by atoms with E-state index in [1.54, 1.807) is 6.07 Å². The maximum atomic E-state index is 12.5. The number of esters is 1. The van der Waals surface area contributed by atoms with Crippen molar-refractivity contribution >= 4 is 40.9 Å². The molecule has 0 fully saturated rings. The number of carbonyl (C=O) groups excluding carboxylic acids is 2. The van der Waals surface area contributed by atoms with Crippen LogP contribution in [0, 0.1) is 0 Å². The van der Waals surface area contributed by atoms with Crippen molar-refractivity contribution in [3.8, 4) is 0 Å². The first-order valence-corrected chi connectivity index (χ1v) is 7.37. The SMILES string of the molecule is O=C(COC(=O)c1cccc(Cl)c1)Nc1ncc(C(F)(F)F)cc1Cl. The van der Waals surface area contributed by atoms with Crippen molar-refractivity contribution in [2.75, 3.05) is 11.9 Å². The highest BCUT2D eigenvalue weighted by Crippen LogP contribution is 2.32. The summed E-state index contributed by atoms with van der Waals surface area (Å²) in [7, 11) is 0. The molecule has 10 heteroatoms. The van der Waals surface area contributed by atoms with E-state index in [1.807, 2.05) is 0 Å². The van der Waals surface area contributed by atoms with Crippen LogP contribution in [0.3, 0.4) is 0 Å². The molecule has 1 aromatic carbocycles. The predicted molar refractivity (Wildman–Crippen MR) is 84.6 cm³/mol. The standard InChI is InChI=1S/C15H9Cl2F3N2O3/c16-10-3-1-2-8(4-10)14(24)25-7-12(23)22-13-11(17)5-9(6-21-13)15(18,19)20/h1-6H,7H2,(H,21,22,23). The zero-order valence-electron chi connectivity index (χ0n) is 12.2. The number of anilines is 1. The summed E-state index contributed by atoms with van der Waals surface area (Å²) in [5.74, 6) is -1.88. The molecule has 0 aliphatic rings. The summed E-state index contributed by atoms with van der Waals surface area (Å²) in [5, 5.41) is 2.07. The molecule has 5 nitrogen and oxygen atoms in total. The van der Waals surface area contributed by atoms with Crippen LogP contribution in [0.15, 0.2) is 36.5 Å². The van der Waals surface area contributed by atoms with Crippen LogP contribution in [-0.4, -0.2) is 23.5 Å². The van der Waals surface area contributed by atoms with Crippen molar-refractivity contribution in [3.63, 3.8) is 0 Å². The van der Waals surface area contributed by atoms with Gasteiger partial charge in [-0.15, -0.1) is 0 Å². The number of amides is 1. The van der Waals surface area contributed by atoms with Crippen LogP contribution in [0.2, 0.25) is 10.0 Å². The van der Waals surface area contributed by atoms with Gasteiger partial charge in [0.15, 0.2) is 12.4 Å². The normalized spacial score (nSPS) is 11.1. The second-order valence-electron chi connectivity index (χ2n) is 4.69. The molecule has 0 saturated carbocycles. The van der Waals surface area contributed by atoms with Crippen LogP contribution >= 0.6 is 23.2 Å². The quantitative estimate of drug-likeness (QED) is 0.791. The molecule has 132 valence electrons. The second kappa shape index (κ2) is 7.71. The van der Waals surface area contributed by atoms with Crippen LogP contribution < -0.4 is 5.32 Å². The Morgan fingerprint density at radius 3 is 2.52 bits per heavy atom. The number of benzene rings is 1. The molecule has 0 saturated heterocycles. The van der Waals surface area contributed by atoms with Gasteiger partial charge in [-0.3, -0.25) is 4.79 Å². The number of aromatic nitrogens is 1. The van der Waals surface area contributed by atoms with Crippen molar-refractivity contribution in [3.05, 3.63) is 57.7 Å². The van der Waals surface area contributed by atoms with E-state index in [1.165, 1.54) is 18.2 Å². The molecular weight excluding hydrogens is 384 g/mol.